The number of rotatable bonds is 4. The van der Waals surface area contributed by atoms with Gasteiger partial charge in [-0.05, 0) is 24.8 Å². The van der Waals surface area contributed by atoms with E-state index in [2.05, 4.69) is 9.97 Å². The summed E-state index contributed by atoms with van der Waals surface area (Å²) in [6, 6.07) is 1.71. The summed E-state index contributed by atoms with van der Waals surface area (Å²) >= 11 is 0. The minimum Gasteiger partial charge on any atom is -0.481 e. The number of aliphatic carboxylic acids is 1. The van der Waals surface area contributed by atoms with Gasteiger partial charge in [0.25, 0.3) is 0 Å². The Bertz CT molecular complexity index is 400. The minimum atomic E-state index is -0.810. The monoisotopic (exact) mass is 220 g/mol. The molecule has 1 unspecified atom stereocenters. The van der Waals surface area contributed by atoms with Crippen LogP contribution < -0.4 is 0 Å². The number of nitrogens with zero attached hydrogens (tertiary/aromatic N) is 2. The van der Waals surface area contributed by atoms with Crippen molar-refractivity contribution in [2.75, 3.05) is 0 Å². The molecule has 4 nitrogen and oxygen atoms in total. The molecule has 0 bridgehead atoms. The van der Waals surface area contributed by atoms with Gasteiger partial charge in [0.1, 0.15) is 11.7 Å². The van der Waals surface area contributed by atoms with Crippen LogP contribution in [0.5, 0.6) is 0 Å². The summed E-state index contributed by atoms with van der Waals surface area (Å²) < 4.78 is 0. The highest BCUT2D eigenvalue weighted by Gasteiger charge is 2.29. The third-order valence-electron chi connectivity index (χ3n) is 2.89. The minimum absolute atomic E-state index is 0.0412. The predicted octanol–water partition coefficient (Wildman–Crippen LogP) is 2.18. The Labute approximate surface area is 94.7 Å². The molecule has 0 radical (unpaired) electrons. The molecule has 4 heteroatoms. The lowest BCUT2D eigenvalue weighted by Gasteiger charge is -2.15. The number of carboxylic acids is 1. The zero-order valence-corrected chi connectivity index (χ0v) is 9.55. The van der Waals surface area contributed by atoms with Crippen molar-refractivity contribution >= 4 is 5.97 Å². The summed E-state index contributed by atoms with van der Waals surface area (Å²) in [5.41, 5.74) is 0.638. The molecule has 16 heavy (non-hydrogen) atoms. The van der Waals surface area contributed by atoms with Gasteiger partial charge in [-0.15, -0.1) is 0 Å². The zero-order chi connectivity index (χ0) is 11.7. The van der Waals surface area contributed by atoms with Crippen molar-refractivity contribution in [2.24, 2.45) is 5.92 Å². The number of hydrogen-bond acceptors (Lipinski definition) is 3. The third kappa shape index (κ3) is 2.21. The molecule has 1 aliphatic carbocycles. The summed E-state index contributed by atoms with van der Waals surface area (Å²) in [5, 5.41) is 9.18. The van der Waals surface area contributed by atoms with Gasteiger partial charge in [-0.3, -0.25) is 4.79 Å². The van der Waals surface area contributed by atoms with E-state index in [-0.39, 0.29) is 5.92 Å². The van der Waals surface area contributed by atoms with Crippen molar-refractivity contribution < 1.29 is 9.90 Å². The fourth-order valence-electron chi connectivity index (χ4n) is 1.85. The van der Waals surface area contributed by atoms with Crippen LogP contribution in [0.2, 0.25) is 0 Å². The van der Waals surface area contributed by atoms with Crippen LogP contribution in [-0.4, -0.2) is 21.0 Å². The predicted molar refractivity (Wildman–Crippen MR) is 59.2 cm³/mol. The molecule has 1 N–H and O–H groups in total. The summed E-state index contributed by atoms with van der Waals surface area (Å²) in [6.45, 7) is 3.80. The summed E-state index contributed by atoms with van der Waals surface area (Å²) in [5.74, 6) is -0.0265. The van der Waals surface area contributed by atoms with Gasteiger partial charge in [-0.2, -0.15) is 0 Å². The van der Waals surface area contributed by atoms with Crippen LogP contribution in [-0.2, 0) is 4.79 Å². The molecular formula is C12H16N2O2. The van der Waals surface area contributed by atoms with Gasteiger partial charge < -0.3 is 5.11 Å². The van der Waals surface area contributed by atoms with E-state index in [9.17, 15) is 9.90 Å². The first-order valence-corrected chi connectivity index (χ1v) is 5.65. The lowest BCUT2D eigenvalue weighted by molar-refractivity contribution is -0.140. The molecule has 2 rings (SSSR count). The zero-order valence-electron chi connectivity index (χ0n) is 9.55. The molecule has 1 fully saturated rings. The van der Waals surface area contributed by atoms with Gasteiger partial charge in [-0.25, -0.2) is 9.97 Å². The third-order valence-corrected chi connectivity index (χ3v) is 2.89. The summed E-state index contributed by atoms with van der Waals surface area (Å²) in [6.07, 6.45) is 3.93. The van der Waals surface area contributed by atoms with E-state index in [1.165, 1.54) is 0 Å². The molecule has 1 heterocycles. The van der Waals surface area contributed by atoms with Gasteiger partial charge >= 0.3 is 5.97 Å². The fraction of sp³-hybridized carbons (Fsp3) is 0.583. The van der Waals surface area contributed by atoms with Crippen molar-refractivity contribution in [1.82, 2.24) is 9.97 Å². The normalized spacial score (nSPS) is 17.4. The quantitative estimate of drug-likeness (QED) is 0.844. The number of hydrogen-bond donors (Lipinski definition) is 1. The van der Waals surface area contributed by atoms with Crippen LogP contribution in [0.3, 0.4) is 0 Å². The molecule has 0 aromatic carbocycles. The molecule has 1 atom stereocenters. The van der Waals surface area contributed by atoms with Gasteiger partial charge in [0.2, 0.25) is 0 Å². The van der Waals surface area contributed by atoms with E-state index in [0.29, 0.717) is 11.6 Å². The Hall–Kier alpha value is -1.45. The van der Waals surface area contributed by atoms with E-state index in [4.69, 9.17) is 0 Å². The van der Waals surface area contributed by atoms with E-state index < -0.39 is 11.9 Å². The maximum atomic E-state index is 11.2. The van der Waals surface area contributed by atoms with Crippen molar-refractivity contribution in [3.05, 3.63) is 23.8 Å². The highest BCUT2D eigenvalue weighted by Crippen LogP contribution is 2.38. The lowest BCUT2D eigenvalue weighted by Crippen LogP contribution is -2.19. The Morgan fingerprint density at radius 1 is 1.50 bits per heavy atom. The fourth-order valence-corrected chi connectivity index (χ4v) is 1.85. The Morgan fingerprint density at radius 3 is 2.69 bits per heavy atom. The molecule has 86 valence electrons. The van der Waals surface area contributed by atoms with Crippen LogP contribution in [0.15, 0.2) is 12.3 Å². The van der Waals surface area contributed by atoms with Crippen molar-refractivity contribution in [3.63, 3.8) is 0 Å². The van der Waals surface area contributed by atoms with Gasteiger partial charge in [0.15, 0.2) is 0 Å². The van der Waals surface area contributed by atoms with Crippen LogP contribution >= 0.6 is 0 Å². The lowest BCUT2D eigenvalue weighted by atomic mass is 9.92. The van der Waals surface area contributed by atoms with Crippen LogP contribution in [0.25, 0.3) is 0 Å². The van der Waals surface area contributed by atoms with Gasteiger partial charge in [0, 0.05) is 12.1 Å². The Kier molecular flexibility index (Phi) is 2.90. The molecule has 0 amide bonds. The largest absolute Gasteiger partial charge is 0.481 e. The first kappa shape index (κ1) is 11.0. The molecule has 0 spiro atoms. The molecule has 1 aliphatic rings. The Balaban J connectivity index is 2.29. The van der Waals surface area contributed by atoms with Crippen LogP contribution in [0.4, 0.5) is 0 Å². The second-order valence-electron chi connectivity index (χ2n) is 4.67. The molecule has 1 saturated carbocycles. The molecule has 1 aromatic heterocycles. The second-order valence-corrected chi connectivity index (χ2v) is 4.67. The number of carbonyl (C=O) groups is 1. The first-order valence-electron chi connectivity index (χ1n) is 5.65. The van der Waals surface area contributed by atoms with Crippen molar-refractivity contribution in [1.29, 1.82) is 0 Å². The summed E-state index contributed by atoms with van der Waals surface area (Å²) in [4.78, 5) is 19.8. The highest BCUT2D eigenvalue weighted by atomic mass is 16.4. The van der Waals surface area contributed by atoms with E-state index in [1.807, 2.05) is 13.8 Å². The van der Waals surface area contributed by atoms with E-state index in [0.717, 1.165) is 18.7 Å². The van der Waals surface area contributed by atoms with Gasteiger partial charge in [-0.1, -0.05) is 13.8 Å². The van der Waals surface area contributed by atoms with Crippen LogP contribution in [0, 0.1) is 5.92 Å². The number of aromatic nitrogens is 2. The van der Waals surface area contributed by atoms with E-state index >= 15 is 0 Å². The van der Waals surface area contributed by atoms with Crippen molar-refractivity contribution in [2.45, 2.75) is 38.5 Å². The highest BCUT2D eigenvalue weighted by molar-refractivity contribution is 5.75. The molecule has 0 saturated heterocycles. The van der Waals surface area contributed by atoms with Crippen LogP contribution in [0.1, 0.15) is 50.0 Å². The number of carboxylic acid groups (broad SMARTS) is 1. The average molecular weight is 220 g/mol. The first-order chi connectivity index (χ1) is 7.59. The standard InChI is InChI=1S/C12H16N2O2/c1-7(2)10(12(15)16)9-5-6-13-11(14-9)8-3-4-8/h5-8,10H,3-4H2,1-2H3,(H,15,16). The molecule has 1 aromatic rings. The van der Waals surface area contributed by atoms with Crippen molar-refractivity contribution in [3.8, 4) is 0 Å². The smallest absolute Gasteiger partial charge is 0.312 e. The maximum Gasteiger partial charge on any atom is 0.312 e. The topological polar surface area (TPSA) is 63.1 Å². The Morgan fingerprint density at radius 2 is 2.19 bits per heavy atom. The van der Waals surface area contributed by atoms with Gasteiger partial charge in [0.05, 0.1) is 5.69 Å². The van der Waals surface area contributed by atoms with E-state index in [1.54, 1.807) is 12.3 Å². The molecule has 0 aliphatic heterocycles. The second kappa shape index (κ2) is 4.20. The molecular weight excluding hydrogens is 204 g/mol. The SMILES string of the molecule is CC(C)C(C(=O)O)c1ccnc(C2CC2)n1. The maximum absolute atomic E-state index is 11.2. The summed E-state index contributed by atoms with van der Waals surface area (Å²) in [7, 11) is 0. The average Bonchev–Trinajstić information content (AvgIpc) is 2.99.